The van der Waals surface area contributed by atoms with Crippen LogP contribution in [0, 0.1) is 0 Å². The zero-order valence-electron chi connectivity index (χ0n) is 18.2. The smallest absolute Gasteiger partial charge is 0.295 e. The number of rotatable bonds is 6. The molecule has 6 nitrogen and oxygen atoms in total. The highest BCUT2D eigenvalue weighted by molar-refractivity contribution is 6.46. The third-order valence-corrected chi connectivity index (χ3v) is 5.43. The minimum atomic E-state index is -0.769. The Morgan fingerprint density at radius 3 is 2.53 bits per heavy atom. The van der Waals surface area contributed by atoms with Crippen molar-refractivity contribution in [2.45, 2.75) is 52.0 Å². The van der Waals surface area contributed by atoms with Crippen molar-refractivity contribution in [3.63, 3.8) is 0 Å². The molecule has 2 aromatic rings. The normalized spacial score (nSPS) is 18.8. The van der Waals surface area contributed by atoms with E-state index in [9.17, 15) is 14.7 Å². The van der Waals surface area contributed by atoms with Gasteiger partial charge in [0.05, 0.1) is 24.5 Å². The van der Waals surface area contributed by atoms with Gasteiger partial charge >= 0.3 is 0 Å². The van der Waals surface area contributed by atoms with Crippen molar-refractivity contribution in [2.75, 3.05) is 13.7 Å². The van der Waals surface area contributed by atoms with Crippen LogP contribution in [0.5, 0.6) is 5.75 Å². The standard InChI is InChI=1S/C24H29NO5/c1-6-7-12-25-20(18-9-8-13-30-18)19(22(27)23(25)28)21(26)16-14-15(24(2,3)4)10-11-17(16)29-5/h8-11,13-14,20,26H,6-7,12H2,1-5H3/b21-19+. The van der Waals surface area contributed by atoms with Crippen LogP contribution in [-0.4, -0.2) is 35.4 Å². The average molecular weight is 411 g/mol. The number of likely N-dealkylation sites (tertiary alicyclic amines) is 1. The number of ketones is 1. The van der Waals surface area contributed by atoms with Gasteiger partial charge in [-0.05, 0) is 41.7 Å². The highest BCUT2D eigenvalue weighted by Crippen LogP contribution is 2.42. The first kappa shape index (κ1) is 21.7. The maximum Gasteiger partial charge on any atom is 0.295 e. The molecule has 0 radical (unpaired) electrons. The summed E-state index contributed by atoms with van der Waals surface area (Å²) in [6, 6.07) is 8.16. The van der Waals surface area contributed by atoms with Crippen molar-refractivity contribution in [3.05, 3.63) is 59.1 Å². The molecule has 3 rings (SSSR count). The highest BCUT2D eigenvalue weighted by Gasteiger charge is 2.47. The quantitative estimate of drug-likeness (QED) is 0.419. The lowest BCUT2D eigenvalue weighted by Gasteiger charge is -2.24. The van der Waals surface area contributed by atoms with Gasteiger partial charge in [0.15, 0.2) is 0 Å². The predicted octanol–water partition coefficient (Wildman–Crippen LogP) is 4.81. The first-order valence-electron chi connectivity index (χ1n) is 10.2. The highest BCUT2D eigenvalue weighted by atomic mass is 16.5. The molecule has 160 valence electrons. The number of aliphatic hydroxyl groups excluding tert-OH is 1. The Kier molecular flexibility index (Phi) is 6.06. The van der Waals surface area contributed by atoms with Gasteiger partial charge in [0.1, 0.15) is 23.3 Å². The van der Waals surface area contributed by atoms with E-state index in [2.05, 4.69) is 20.8 Å². The number of aliphatic hydroxyl groups is 1. The van der Waals surface area contributed by atoms with E-state index in [1.54, 1.807) is 18.2 Å². The van der Waals surface area contributed by atoms with Crippen LogP contribution in [0.2, 0.25) is 0 Å². The second kappa shape index (κ2) is 8.38. The monoisotopic (exact) mass is 411 g/mol. The molecular formula is C24H29NO5. The summed E-state index contributed by atoms with van der Waals surface area (Å²) in [6.45, 7) is 8.60. The first-order chi connectivity index (χ1) is 14.2. The summed E-state index contributed by atoms with van der Waals surface area (Å²) < 4.78 is 11.0. The predicted molar refractivity (Wildman–Crippen MR) is 114 cm³/mol. The van der Waals surface area contributed by atoms with Crippen molar-refractivity contribution in [3.8, 4) is 5.75 Å². The van der Waals surface area contributed by atoms with E-state index in [4.69, 9.17) is 9.15 Å². The van der Waals surface area contributed by atoms with Crippen molar-refractivity contribution >= 4 is 17.4 Å². The molecule has 2 heterocycles. The molecule has 1 aliphatic rings. The third-order valence-electron chi connectivity index (χ3n) is 5.43. The Labute approximate surface area is 177 Å². The lowest BCUT2D eigenvalue weighted by Crippen LogP contribution is -2.30. The average Bonchev–Trinajstić information content (AvgIpc) is 3.32. The number of carbonyl (C=O) groups is 2. The van der Waals surface area contributed by atoms with Crippen molar-refractivity contribution < 1.29 is 23.8 Å². The summed E-state index contributed by atoms with van der Waals surface area (Å²) in [6.07, 6.45) is 3.11. The maximum absolute atomic E-state index is 13.0. The molecule has 1 fully saturated rings. The number of ether oxygens (including phenoxy) is 1. The number of nitrogens with zero attached hydrogens (tertiary/aromatic N) is 1. The molecule has 1 unspecified atom stereocenters. The molecule has 1 N–H and O–H groups in total. The number of hydrogen-bond acceptors (Lipinski definition) is 5. The molecular weight excluding hydrogens is 382 g/mol. The second-order valence-corrected chi connectivity index (χ2v) is 8.53. The minimum Gasteiger partial charge on any atom is -0.507 e. The van der Waals surface area contributed by atoms with Crippen molar-refractivity contribution in [2.24, 2.45) is 0 Å². The van der Waals surface area contributed by atoms with Gasteiger partial charge in [-0.1, -0.05) is 40.2 Å². The Balaban J connectivity index is 2.22. The van der Waals surface area contributed by atoms with E-state index in [0.29, 0.717) is 23.6 Å². The lowest BCUT2D eigenvalue weighted by atomic mass is 9.85. The fourth-order valence-corrected chi connectivity index (χ4v) is 3.69. The molecule has 0 aliphatic carbocycles. The maximum atomic E-state index is 13.0. The summed E-state index contributed by atoms with van der Waals surface area (Å²) >= 11 is 0. The minimum absolute atomic E-state index is 0.0235. The van der Waals surface area contributed by atoms with Gasteiger partial charge in [-0.2, -0.15) is 0 Å². The Morgan fingerprint density at radius 2 is 1.97 bits per heavy atom. The fraction of sp³-hybridized carbons (Fsp3) is 0.417. The van der Waals surface area contributed by atoms with E-state index in [1.807, 2.05) is 19.1 Å². The van der Waals surface area contributed by atoms with Crippen LogP contribution in [0.15, 0.2) is 46.6 Å². The number of benzene rings is 1. The van der Waals surface area contributed by atoms with Gasteiger partial charge in [-0.25, -0.2) is 0 Å². The summed E-state index contributed by atoms with van der Waals surface area (Å²) in [4.78, 5) is 27.3. The van der Waals surface area contributed by atoms with Crippen LogP contribution in [0.1, 0.15) is 63.5 Å². The van der Waals surface area contributed by atoms with Crippen LogP contribution >= 0.6 is 0 Å². The number of unbranched alkanes of at least 4 members (excludes halogenated alkanes) is 1. The first-order valence-corrected chi connectivity index (χ1v) is 10.2. The molecule has 0 bridgehead atoms. The Hall–Kier alpha value is -3.02. The molecule has 0 saturated carbocycles. The van der Waals surface area contributed by atoms with Crippen LogP contribution in [0.4, 0.5) is 0 Å². The lowest BCUT2D eigenvalue weighted by molar-refractivity contribution is -0.140. The van der Waals surface area contributed by atoms with E-state index >= 15 is 0 Å². The molecule has 1 saturated heterocycles. The largest absolute Gasteiger partial charge is 0.507 e. The molecule has 1 aliphatic heterocycles. The molecule has 1 aromatic heterocycles. The zero-order valence-corrected chi connectivity index (χ0v) is 18.2. The summed E-state index contributed by atoms with van der Waals surface area (Å²) in [7, 11) is 1.51. The SMILES string of the molecule is CCCCN1C(=O)C(=O)/C(=C(/O)c2cc(C(C)(C)C)ccc2OC)C1c1ccco1. The summed E-state index contributed by atoms with van der Waals surface area (Å²) in [5.74, 6) is -0.724. The Bertz CT molecular complexity index is 966. The van der Waals surface area contributed by atoms with Gasteiger partial charge in [0.2, 0.25) is 0 Å². The number of amides is 1. The molecule has 30 heavy (non-hydrogen) atoms. The number of furan rings is 1. The number of hydrogen-bond donors (Lipinski definition) is 1. The molecule has 1 aromatic carbocycles. The van der Waals surface area contributed by atoms with Crippen LogP contribution in [-0.2, 0) is 15.0 Å². The number of Topliss-reactive ketones (excluding diaryl/α,β-unsaturated/α-hetero) is 1. The van der Waals surface area contributed by atoms with Gasteiger partial charge in [0.25, 0.3) is 11.7 Å². The second-order valence-electron chi connectivity index (χ2n) is 8.53. The van der Waals surface area contributed by atoms with E-state index in [0.717, 1.165) is 18.4 Å². The number of methoxy groups -OCH3 is 1. The topological polar surface area (TPSA) is 80.0 Å². The zero-order chi connectivity index (χ0) is 22.1. The fourth-order valence-electron chi connectivity index (χ4n) is 3.69. The van der Waals surface area contributed by atoms with Crippen LogP contribution in [0.25, 0.3) is 5.76 Å². The summed E-state index contributed by atoms with van der Waals surface area (Å²) in [5.41, 5.74) is 1.21. The third kappa shape index (κ3) is 3.86. The van der Waals surface area contributed by atoms with Crippen LogP contribution in [0.3, 0.4) is 0 Å². The van der Waals surface area contributed by atoms with E-state index in [1.165, 1.54) is 18.3 Å². The van der Waals surface area contributed by atoms with Crippen molar-refractivity contribution in [1.82, 2.24) is 4.90 Å². The molecule has 0 spiro atoms. The van der Waals surface area contributed by atoms with E-state index < -0.39 is 17.7 Å². The van der Waals surface area contributed by atoms with Gasteiger partial charge in [-0.15, -0.1) is 0 Å². The van der Waals surface area contributed by atoms with Crippen molar-refractivity contribution in [1.29, 1.82) is 0 Å². The molecule has 1 atom stereocenters. The number of carbonyl (C=O) groups excluding carboxylic acids is 2. The molecule has 6 heteroatoms. The Morgan fingerprint density at radius 1 is 1.23 bits per heavy atom. The van der Waals surface area contributed by atoms with Crippen LogP contribution < -0.4 is 4.74 Å². The molecule has 1 amide bonds. The van der Waals surface area contributed by atoms with E-state index in [-0.39, 0.29) is 16.7 Å². The van der Waals surface area contributed by atoms with Gasteiger partial charge in [0, 0.05) is 6.54 Å². The summed E-state index contributed by atoms with van der Waals surface area (Å²) in [5, 5.41) is 11.3. The van der Waals surface area contributed by atoms with Gasteiger partial charge in [-0.3, -0.25) is 9.59 Å². The van der Waals surface area contributed by atoms with Gasteiger partial charge < -0.3 is 19.2 Å².